The fourth-order valence-corrected chi connectivity index (χ4v) is 3.42. The van der Waals surface area contributed by atoms with Crippen LogP contribution in [0.2, 0.25) is 0 Å². The lowest BCUT2D eigenvalue weighted by Crippen LogP contribution is -2.36. The molecule has 0 spiro atoms. The fourth-order valence-electron chi connectivity index (χ4n) is 3.42. The molecule has 3 rings (SSSR count). The van der Waals surface area contributed by atoms with Crippen LogP contribution in [0.4, 0.5) is 10.5 Å². The van der Waals surface area contributed by atoms with Gasteiger partial charge in [-0.05, 0) is 41.7 Å². The van der Waals surface area contributed by atoms with E-state index in [1.807, 2.05) is 49.4 Å². The number of aromatic hydroxyl groups is 1. The summed E-state index contributed by atoms with van der Waals surface area (Å²) in [4.78, 5) is 36.1. The third-order valence-corrected chi connectivity index (χ3v) is 5.18. The van der Waals surface area contributed by atoms with Gasteiger partial charge >= 0.3 is 12.0 Å². The third-order valence-electron chi connectivity index (χ3n) is 5.18. The molecule has 1 aromatic heterocycles. The number of anilines is 1. The molecule has 0 saturated heterocycles. The Morgan fingerprint density at radius 2 is 1.84 bits per heavy atom. The van der Waals surface area contributed by atoms with Crippen molar-refractivity contribution in [1.82, 2.24) is 9.88 Å². The molecule has 0 aliphatic heterocycles. The Balaban J connectivity index is 1.82. The van der Waals surface area contributed by atoms with Gasteiger partial charge in [-0.3, -0.25) is 9.59 Å². The molecule has 2 amide bonds. The van der Waals surface area contributed by atoms with E-state index in [9.17, 15) is 24.6 Å². The minimum absolute atomic E-state index is 0.283. The van der Waals surface area contributed by atoms with Crippen molar-refractivity contribution < 1.29 is 19.8 Å². The van der Waals surface area contributed by atoms with Gasteiger partial charge in [0.2, 0.25) is 0 Å². The fraction of sp³-hybridized carbons (Fsp3) is 0.208. The Morgan fingerprint density at radius 1 is 1.09 bits per heavy atom. The molecule has 0 fully saturated rings. The highest BCUT2D eigenvalue weighted by Crippen LogP contribution is 2.22. The van der Waals surface area contributed by atoms with E-state index in [0.29, 0.717) is 12.0 Å². The highest BCUT2D eigenvalue weighted by Gasteiger charge is 2.20. The van der Waals surface area contributed by atoms with Gasteiger partial charge < -0.3 is 25.4 Å². The Labute approximate surface area is 185 Å². The number of nitrogens with one attached hydrogen (secondary N) is 2. The summed E-state index contributed by atoms with van der Waals surface area (Å²) < 4.78 is 1.21. The Bertz CT molecular complexity index is 1200. The molecule has 3 aromatic rings. The number of carbonyl (C=O) groups is 2. The van der Waals surface area contributed by atoms with E-state index in [-0.39, 0.29) is 17.9 Å². The van der Waals surface area contributed by atoms with Crippen molar-refractivity contribution in [2.75, 3.05) is 5.32 Å². The van der Waals surface area contributed by atoms with E-state index in [4.69, 9.17) is 0 Å². The monoisotopic (exact) mass is 435 g/mol. The van der Waals surface area contributed by atoms with Crippen LogP contribution in [0.5, 0.6) is 5.75 Å². The molecule has 8 nitrogen and oxygen atoms in total. The van der Waals surface area contributed by atoms with Crippen molar-refractivity contribution in [2.24, 2.45) is 7.05 Å². The number of carboxylic acid groups (broad SMARTS) is 1. The number of amides is 2. The standard InChI is InChI=1S/C24H25N3O5/c1-15-6-3-4-8-17(15)12-16-7-5-9-18(13-16)19(14-21(29)30)25-24(32)26-22-20(28)10-11-27(2)23(22)31/h3-11,13,19,28H,12,14H2,1-2H3,(H,29,30)(H2,25,26,32). The lowest BCUT2D eigenvalue weighted by atomic mass is 9.96. The number of aliphatic carboxylic acids is 1. The molecule has 32 heavy (non-hydrogen) atoms. The Morgan fingerprint density at radius 3 is 2.56 bits per heavy atom. The van der Waals surface area contributed by atoms with Gasteiger partial charge in [0, 0.05) is 13.2 Å². The van der Waals surface area contributed by atoms with Gasteiger partial charge in [0.15, 0.2) is 5.69 Å². The summed E-state index contributed by atoms with van der Waals surface area (Å²) in [5.74, 6) is -1.46. The predicted molar refractivity (Wildman–Crippen MR) is 121 cm³/mol. The van der Waals surface area contributed by atoms with Gasteiger partial charge in [-0.25, -0.2) is 4.79 Å². The number of aromatic nitrogens is 1. The van der Waals surface area contributed by atoms with Gasteiger partial charge in [-0.15, -0.1) is 0 Å². The number of pyridine rings is 1. The molecule has 0 aliphatic rings. The average Bonchev–Trinajstić information content (AvgIpc) is 2.75. The summed E-state index contributed by atoms with van der Waals surface area (Å²) in [6.45, 7) is 2.03. The van der Waals surface area contributed by atoms with Gasteiger partial charge in [-0.2, -0.15) is 0 Å². The first-order chi connectivity index (χ1) is 15.2. The van der Waals surface area contributed by atoms with Crippen molar-refractivity contribution in [3.05, 3.63) is 93.4 Å². The number of rotatable bonds is 7. The lowest BCUT2D eigenvalue weighted by molar-refractivity contribution is -0.137. The summed E-state index contributed by atoms with van der Waals surface area (Å²) in [6, 6.07) is 15.0. The maximum atomic E-state index is 12.5. The smallest absolute Gasteiger partial charge is 0.319 e. The first kappa shape index (κ1) is 22.6. The van der Waals surface area contributed by atoms with Crippen LogP contribution in [0.1, 0.15) is 34.7 Å². The topological polar surface area (TPSA) is 121 Å². The van der Waals surface area contributed by atoms with Crippen molar-refractivity contribution >= 4 is 17.7 Å². The lowest BCUT2D eigenvalue weighted by Gasteiger charge is -2.19. The van der Waals surface area contributed by atoms with Crippen LogP contribution in [0.15, 0.2) is 65.6 Å². The molecule has 0 saturated carbocycles. The maximum absolute atomic E-state index is 12.5. The second kappa shape index (κ2) is 9.82. The van der Waals surface area contributed by atoms with Crippen molar-refractivity contribution in [3.63, 3.8) is 0 Å². The van der Waals surface area contributed by atoms with Crippen molar-refractivity contribution in [3.8, 4) is 5.75 Å². The zero-order chi connectivity index (χ0) is 23.3. The molecule has 4 N–H and O–H groups in total. The zero-order valence-electron chi connectivity index (χ0n) is 17.8. The van der Waals surface area contributed by atoms with Crippen molar-refractivity contribution in [1.29, 1.82) is 0 Å². The van der Waals surface area contributed by atoms with E-state index < -0.39 is 23.6 Å². The molecule has 0 aliphatic carbocycles. The van der Waals surface area contributed by atoms with Crippen LogP contribution in [-0.2, 0) is 18.3 Å². The second-order valence-electron chi connectivity index (χ2n) is 7.59. The van der Waals surface area contributed by atoms with E-state index in [1.54, 1.807) is 6.07 Å². The number of hydrogen-bond donors (Lipinski definition) is 4. The maximum Gasteiger partial charge on any atom is 0.319 e. The minimum Gasteiger partial charge on any atom is -0.505 e. The number of carboxylic acids is 1. The third kappa shape index (κ3) is 5.54. The number of nitrogens with zero attached hydrogens (tertiary/aromatic N) is 1. The summed E-state index contributed by atoms with van der Waals surface area (Å²) >= 11 is 0. The highest BCUT2D eigenvalue weighted by molar-refractivity contribution is 5.91. The summed E-state index contributed by atoms with van der Waals surface area (Å²) in [7, 11) is 1.48. The first-order valence-corrected chi connectivity index (χ1v) is 10.1. The van der Waals surface area contributed by atoms with Gasteiger partial charge in [-0.1, -0.05) is 48.5 Å². The molecule has 2 aromatic carbocycles. The van der Waals surface area contributed by atoms with E-state index in [0.717, 1.165) is 16.7 Å². The van der Waals surface area contributed by atoms with Crippen LogP contribution in [0, 0.1) is 6.92 Å². The number of benzene rings is 2. The van der Waals surface area contributed by atoms with Gasteiger partial charge in [0.25, 0.3) is 5.56 Å². The molecule has 1 heterocycles. The SMILES string of the molecule is Cc1ccccc1Cc1cccc(C(CC(=O)O)NC(=O)Nc2c(O)ccn(C)c2=O)c1. The number of carbonyl (C=O) groups excluding carboxylic acids is 1. The van der Waals surface area contributed by atoms with Crippen LogP contribution in [0.25, 0.3) is 0 Å². The first-order valence-electron chi connectivity index (χ1n) is 10.1. The predicted octanol–water partition coefficient (Wildman–Crippen LogP) is 3.33. The van der Waals surface area contributed by atoms with Crippen LogP contribution < -0.4 is 16.2 Å². The van der Waals surface area contributed by atoms with E-state index in [2.05, 4.69) is 10.6 Å². The Hall–Kier alpha value is -4.07. The normalized spacial score (nSPS) is 11.6. The molecule has 0 radical (unpaired) electrons. The largest absolute Gasteiger partial charge is 0.505 e. The van der Waals surface area contributed by atoms with Gasteiger partial charge in [0.1, 0.15) is 5.75 Å². The summed E-state index contributed by atoms with van der Waals surface area (Å²) in [5.41, 5.74) is 3.04. The molecule has 1 unspecified atom stereocenters. The molecule has 1 atom stereocenters. The summed E-state index contributed by atoms with van der Waals surface area (Å²) in [6.07, 6.45) is 1.69. The molecule has 8 heteroatoms. The highest BCUT2D eigenvalue weighted by atomic mass is 16.4. The van der Waals surface area contributed by atoms with E-state index in [1.165, 1.54) is 23.9 Å². The average molecular weight is 435 g/mol. The molecule has 166 valence electrons. The number of aryl methyl sites for hydroxylation is 2. The Kier molecular flexibility index (Phi) is 6.94. The number of hydrogen-bond acceptors (Lipinski definition) is 4. The van der Waals surface area contributed by atoms with Crippen LogP contribution in [0.3, 0.4) is 0 Å². The van der Waals surface area contributed by atoms with Crippen molar-refractivity contribution in [2.45, 2.75) is 25.8 Å². The van der Waals surface area contributed by atoms with E-state index >= 15 is 0 Å². The zero-order valence-corrected chi connectivity index (χ0v) is 17.8. The molecular formula is C24H25N3O5. The second-order valence-corrected chi connectivity index (χ2v) is 7.59. The summed E-state index contributed by atoms with van der Waals surface area (Å²) in [5, 5.41) is 24.2. The quantitative estimate of drug-likeness (QED) is 0.454. The van der Waals surface area contributed by atoms with Crippen LogP contribution >= 0.6 is 0 Å². The minimum atomic E-state index is -1.09. The van der Waals surface area contributed by atoms with Gasteiger partial charge in [0.05, 0.1) is 12.5 Å². The number of urea groups is 1. The molecule has 0 bridgehead atoms. The van der Waals surface area contributed by atoms with Crippen LogP contribution in [-0.4, -0.2) is 26.8 Å². The molecular weight excluding hydrogens is 410 g/mol.